The standard InChI is InChI=1S/C12H19N7O/c13-18-12-16-10(9-5-15-19-11(9)17-12)14-4-7-2-1-3-8(7)6-20/h5,7-8,20H,1-4,6,13H2,(H3,14,15,16,17,18,19). The minimum Gasteiger partial charge on any atom is -0.396 e. The van der Waals surface area contributed by atoms with Crippen molar-refractivity contribution >= 4 is 22.8 Å². The third-order valence-corrected chi connectivity index (χ3v) is 4.02. The van der Waals surface area contributed by atoms with Gasteiger partial charge in [0.2, 0.25) is 5.95 Å². The van der Waals surface area contributed by atoms with E-state index in [0.717, 1.165) is 24.8 Å². The van der Waals surface area contributed by atoms with Gasteiger partial charge in [0.05, 0.1) is 11.6 Å². The lowest BCUT2D eigenvalue weighted by atomic mass is 9.97. The average Bonchev–Trinajstić information content (AvgIpc) is 3.12. The molecule has 108 valence electrons. The fourth-order valence-corrected chi connectivity index (χ4v) is 2.88. The Hall–Kier alpha value is -1.93. The number of aromatic amines is 1. The quantitative estimate of drug-likeness (QED) is 0.397. The van der Waals surface area contributed by atoms with Crippen LogP contribution in [0.1, 0.15) is 19.3 Å². The van der Waals surface area contributed by atoms with Crippen molar-refractivity contribution in [2.45, 2.75) is 19.3 Å². The van der Waals surface area contributed by atoms with Crippen LogP contribution >= 0.6 is 0 Å². The van der Waals surface area contributed by atoms with Crippen LogP contribution in [0, 0.1) is 11.8 Å². The number of aliphatic hydroxyl groups excluding tert-OH is 1. The summed E-state index contributed by atoms with van der Waals surface area (Å²) < 4.78 is 0. The zero-order valence-corrected chi connectivity index (χ0v) is 11.1. The lowest BCUT2D eigenvalue weighted by molar-refractivity contribution is 0.199. The fourth-order valence-electron chi connectivity index (χ4n) is 2.88. The van der Waals surface area contributed by atoms with Gasteiger partial charge in [-0.05, 0) is 24.7 Å². The Morgan fingerprint density at radius 3 is 3.00 bits per heavy atom. The first-order valence-corrected chi connectivity index (χ1v) is 6.84. The van der Waals surface area contributed by atoms with Crippen LogP contribution in [0.25, 0.3) is 11.0 Å². The van der Waals surface area contributed by atoms with Gasteiger partial charge in [0, 0.05) is 13.2 Å². The SMILES string of the molecule is NNc1nc(NCC2CCCC2CO)c2cn[nH]c2n1. The number of H-pyrrole nitrogens is 1. The van der Waals surface area contributed by atoms with Crippen LogP contribution in [0.15, 0.2) is 6.20 Å². The summed E-state index contributed by atoms with van der Waals surface area (Å²) in [5, 5.41) is 20.3. The molecule has 2 aromatic rings. The molecule has 0 radical (unpaired) electrons. The lowest BCUT2D eigenvalue weighted by Crippen LogP contribution is -2.21. The predicted octanol–water partition coefficient (Wildman–Crippen LogP) is 0.459. The zero-order chi connectivity index (χ0) is 13.9. The molecule has 6 N–H and O–H groups in total. The third kappa shape index (κ3) is 2.39. The van der Waals surface area contributed by atoms with Crippen molar-refractivity contribution in [3.63, 3.8) is 0 Å². The number of nitrogens with one attached hydrogen (secondary N) is 3. The first kappa shape index (κ1) is 13.1. The van der Waals surface area contributed by atoms with E-state index in [0.29, 0.717) is 29.2 Å². The monoisotopic (exact) mass is 277 g/mol. The number of hydrazine groups is 1. The van der Waals surface area contributed by atoms with Gasteiger partial charge in [-0.15, -0.1) is 0 Å². The molecule has 0 amide bonds. The molecule has 20 heavy (non-hydrogen) atoms. The molecule has 2 unspecified atom stereocenters. The van der Waals surface area contributed by atoms with Gasteiger partial charge >= 0.3 is 0 Å². The van der Waals surface area contributed by atoms with Crippen LogP contribution in [-0.2, 0) is 0 Å². The number of rotatable bonds is 5. The molecule has 2 atom stereocenters. The molecule has 8 nitrogen and oxygen atoms in total. The molecule has 0 aromatic carbocycles. The maximum Gasteiger partial charge on any atom is 0.241 e. The molecule has 1 saturated carbocycles. The van der Waals surface area contributed by atoms with E-state index >= 15 is 0 Å². The Bertz CT molecular complexity index is 584. The number of hydrogen-bond donors (Lipinski definition) is 5. The molecule has 0 bridgehead atoms. The van der Waals surface area contributed by atoms with E-state index in [2.05, 4.69) is 30.9 Å². The molecule has 2 heterocycles. The van der Waals surface area contributed by atoms with Gasteiger partial charge < -0.3 is 10.4 Å². The van der Waals surface area contributed by atoms with Crippen molar-refractivity contribution in [2.75, 3.05) is 23.9 Å². The van der Waals surface area contributed by atoms with E-state index in [1.165, 1.54) is 6.42 Å². The number of aliphatic hydroxyl groups is 1. The van der Waals surface area contributed by atoms with E-state index in [4.69, 9.17) is 5.84 Å². The van der Waals surface area contributed by atoms with E-state index in [-0.39, 0.29) is 6.61 Å². The summed E-state index contributed by atoms with van der Waals surface area (Å²) in [5.74, 6) is 7.28. The molecule has 2 aromatic heterocycles. The smallest absolute Gasteiger partial charge is 0.241 e. The minimum absolute atomic E-state index is 0.257. The van der Waals surface area contributed by atoms with Gasteiger partial charge in [0.25, 0.3) is 0 Å². The second-order valence-electron chi connectivity index (χ2n) is 5.19. The molecular weight excluding hydrogens is 258 g/mol. The highest BCUT2D eigenvalue weighted by Gasteiger charge is 2.26. The summed E-state index contributed by atoms with van der Waals surface area (Å²) in [6.07, 6.45) is 5.11. The van der Waals surface area contributed by atoms with Crippen molar-refractivity contribution in [1.82, 2.24) is 20.2 Å². The highest BCUT2D eigenvalue weighted by molar-refractivity contribution is 5.86. The topological polar surface area (TPSA) is 125 Å². The van der Waals surface area contributed by atoms with Crippen molar-refractivity contribution in [3.05, 3.63) is 6.20 Å². The maximum absolute atomic E-state index is 9.36. The number of aromatic nitrogens is 4. The predicted molar refractivity (Wildman–Crippen MR) is 75.9 cm³/mol. The zero-order valence-electron chi connectivity index (χ0n) is 11.1. The summed E-state index contributed by atoms with van der Waals surface area (Å²) in [6, 6.07) is 0. The number of nitrogens with zero attached hydrogens (tertiary/aromatic N) is 3. The number of hydrogen-bond acceptors (Lipinski definition) is 7. The van der Waals surface area contributed by atoms with Crippen LogP contribution in [0.5, 0.6) is 0 Å². The number of nitrogen functional groups attached to an aromatic ring is 1. The van der Waals surface area contributed by atoms with Crippen molar-refractivity contribution in [2.24, 2.45) is 17.7 Å². The molecule has 8 heteroatoms. The number of nitrogens with two attached hydrogens (primary N) is 1. The van der Waals surface area contributed by atoms with Gasteiger partial charge in [-0.3, -0.25) is 10.5 Å². The van der Waals surface area contributed by atoms with Gasteiger partial charge in [-0.1, -0.05) is 6.42 Å². The average molecular weight is 277 g/mol. The van der Waals surface area contributed by atoms with Crippen LogP contribution in [0.2, 0.25) is 0 Å². The summed E-state index contributed by atoms with van der Waals surface area (Å²) in [6.45, 7) is 1.04. The van der Waals surface area contributed by atoms with Crippen LogP contribution in [0.3, 0.4) is 0 Å². The Balaban J connectivity index is 1.78. The summed E-state index contributed by atoms with van der Waals surface area (Å²) in [5.41, 5.74) is 3.09. The van der Waals surface area contributed by atoms with Crippen molar-refractivity contribution in [1.29, 1.82) is 0 Å². The molecule has 1 aliphatic carbocycles. The maximum atomic E-state index is 9.36. The second kappa shape index (κ2) is 5.59. The Labute approximate surface area is 116 Å². The molecule has 0 spiro atoms. The molecule has 1 fully saturated rings. The highest BCUT2D eigenvalue weighted by Crippen LogP contribution is 2.31. The largest absolute Gasteiger partial charge is 0.396 e. The summed E-state index contributed by atoms with van der Waals surface area (Å²) >= 11 is 0. The Morgan fingerprint density at radius 1 is 1.35 bits per heavy atom. The Kier molecular flexibility index (Phi) is 3.66. The van der Waals surface area contributed by atoms with E-state index in [9.17, 15) is 5.11 Å². The third-order valence-electron chi connectivity index (χ3n) is 4.02. The van der Waals surface area contributed by atoms with Gasteiger partial charge in [0.15, 0.2) is 5.65 Å². The van der Waals surface area contributed by atoms with E-state index in [1.54, 1.807) is 6.20 Å². The van der Waals surface area contributed by atoms with Crippen molar-refractivity contribution in [3.8, 4) is 0 Å². The van der Waals surface area contributed by atoms with E-state index in [1.807, 2.05) is 0 Å². The lowest BCUT2D eigenvalue weighted by Gasteiger charge is -2.18. The molecule has 1 aliphatic rings. The van der Waals surface area contributed by atoms with Crippen LogP contribution < -0.4 is 16.6 Å². The summed E-state index contributed by atoms with van der Waals surface area (Å²) in [7, 11) is 0. The molecule has 0 saturated heterocycles. The van der Waals surface area contributed by atoms with Gasteiger partial charge in [0.1, 0.15) is 5.82 Å². The normalized spacial score (nSPS) is 22.3. The first-order chi connectivity index (χ1) is 9.81. The molecule has 3 rings (SSSR count). The van der Waals surface area contributed by atoms with Crippen LogP contribution in [-0.4, -0.2) is 38.4 Å². The Morgan fingerprint density at radius 2 is 2.20 bits per heavy atom. The van der Waals surface area contributed by atoms with Gasteiger partial charge in [-0.2, -0.15) is 15.1 Å². The molecule has 0 aliphatic heterocycles. The number of fused-ring (bicyclic) bond motifs is 1. The number of anilines is 2. The van der Waals surface area contributed by atoms with Crippen LogP contribution in [0.4, 0.5) is 11.8 Å². The highest BCUT2D eigenvalue weighted by atomic mass is 16.3. The first-order valence-electron chi connectivity index (χ1n) is 6.84. The molecular formula is C12H19N7O. The second-order valence-corrected chi connectivity index (χ2v) is 5.19. The summed E-state index contributed by atoms with van der Waals surface area (Å²) in [4.78, 5) is 8.50. The fraction of sp³-hybridized carbons (Fsp3) is 0.583. The van der Waals surface area contributed by atoms with Gasteiger partial charge in [-0.25, -0.2) is 5.84 Å². The van der Waals surface area contributed by atoms with Crippen molar-refractivity contribution < 1.29 is 5.11 Å². The van der Waals surface area contributed by atoms with E-state index < -0.39 is 0 Å². The minimum atomic E-state index is 0.257.